The molecule has 1 unspecified atom stereocenters. The first-order valence-corrected chi connectivity index (χ1v) is 4.46. The number of carbonyl (C=O) groups is 1. The van der Waals surface area contributed by atoms with Crippen molar-refractivity contribution in [2.45, 2.75) is 31.2 Å². The van der Waals surface area contributed by atoms with Crippen LogP contribution >= 0.6 is 11.6 Å². The third-order valence-electron chi connectivity index (χ3n) is 1.75. The van der Waals surface area contributed by atoms with E-state index in [2.05, 4.69) is 0 Å². The van der Waals surface area contributed by atoms with Gasteiger partial charge in [0.25, 0.3) is 0 Å². The predicted molar refractivity (Wildman–Crippen MR) is 47.1 cm³/mol. The highest BCUT2D eigenvalue weighted by Crippen LogP contribution is 2.18. The molecule has 1 fully saturated rings. The lowest BCUT2D eigenvalue weighted by molar-refractivity contribution is -0.130. The fourth-order valence-corrected chi connectivity index (χ4v) is 1.64. The van der Waals surface area contributed by atoms with Crippen LogP contribution in [0.4, 0.5) is 0 Å². The summed E-state index contributed by atoms with van der Waals surface area (Å²) in [4.78, 5) is 12.8. The van der Waals surface area contributed by atoms with E-state index >= 15 is 0 Å². The zero-order chi connectivity index (χ0) is 9.35. The van der Waals surface area contributed by atoms with Crippen LogP contribution in [0.3, 0.4) is 0 Å². The van der Waals surface area contributed by atoms with Crippen LogP contribution in [-0.2, 0) is 4.79 Å². The second-order valence-corrected chi connectivity index (χ2v) is 4.51. The molecule has 1 aliphatic heterocycles. The number of hydrogen-bond acceptors (Lipinski definition) is 2. The summed E-state index contributed by atoms with van der Waals surface area (Å²) in [5.41, 5.74) is -0.823. The molecule has 12 heavy (non-hydrogen) atoms. The molecule has 1 amide bonds. The van der Waals surface area contributed by atoms with Gasteiger partial charge in [-0.3, -0.25) is 4.79 Å². The van der Waals surface area contributed by atoms with E-state index in [4.69, 9.17) is 11.6 Å². The molecular formula is C8H14ClNO2. The summed E-state index contributed by atoms with van der Waals surface area (Å²) in [5, 5.41) is 9.36. The number of β-amino-alcohol motifs (C(OH)–C–C–N with tert-alkyl or cyclic N) is 1. The highest BCUT2D eigenvalue weighted by molar-refractivity contribution is 6.22. The Labute approximate surface area is 77.3 Å². The van der Waals surface area contributed by atoms with Gasteiger partial charge in [0.15, 0.2) is 0 Å². The van der Waals surface area contributed by atoms with E-state index in [0.29, 0.717) is 19.5 Å². The van der Waals surface area contributed by atoms with Crippen LogP contribution in [0.1, 0.15) is 20.3 Å². The molecule has 1 heterocycles. The van der Waals surface area contributed by atoms with Gasteiger partial charge in [-0.1, -0.05) is 0 Å². The van der Waals surface area contributed by atoms with Crippen LogP contribution in [0.5, 0.6) is 0 Å². The molecular weight excluding hydrogens is 178 g/mol. The SMILES string of the molecule is CC(C)(O)CN1CC(Cl)CC1=O. The van der Waals surface area contributed by atoms with Gasteiger partial charge in [-0.2, -0.15) is 0 Å². The number of hydrogen-bond donors (Lipinski definition) is 1. The third-order valence-corrected chi connectivity index (χ3v) is 2.04. The molecule has 0 saturated carbocycles. The van der Waals surface area contributed by atoms with Gasteiger partial charge in [0, 0.05) is 19.5 Å². The number of alkyl halides is 1. The molecule has 4 heteroatoms. The number of amides is 1. The first kappa shape index (κ1) is 9.81. The summed E-state index contributed by atoms with van der Waals surface area (Å²) in [6.07, 6.45) is 0.400. The maximum absolute atomic E-state index is 11.2. The topological polar surface area (TPSA) is 40.5 Å². The van der Waals surface area contributed by atoms with Gasteiger partial charge in [0.05, 0.1) is 11.0 Å². The van der Waals surface area contributed by atoms with Crippen molar-refractivity contribution < 1.29 is 9.90 Å². The third kappa shape index (κ3) is 2.64. The van der Waals surface area contributed by atoms with Crippen molar-refractivity contribution in [1.29, 1.82) is 0 Å². The lowest BCUT2D eigenvalue weighted by atomic mass is 10.1. The molecule has 0 bridgehead atoms. The monoisotopic (exact) mass is 191 g/mol. The Kier molecular flexibility index (Phi) is 2.64. The van der Waals surface area contributed by atoms with Crippen molar-refractivity contribution >= 4 is 17.5 Å². The van der Waals surface area contributed by atoms with Crippen molar-refractivity contribution in [3.8, 4) is 0 Å². The normalized spacial score (nSPS) is 25.2. The fraction of sp³-hybridized carbons (Fsp3) is 0.875. The van der Waals surface area contributed by atoms with Crippen LogP contribution in [0.2, 0.25) is 0 Å². The van der Waals surface area contributed by atoms with Crippen LogP contribution in [0, 0.1) is 0 Å². The Morgan fingerprint density at radius 3 is 2.67 bits per heavy atom. The van der Waals surface area contributed by atoms with Crippen molar-refractivity contribution in [3.05, 3.63) is 0 Å². The van der Waals surface area contributed by atoms with Crippen molar-refractivity contribution in [1.82, 2.24) is 4.90 Å². The van der Waals surface area contributed by atoms with Crippen molar-refractivity contribution in [2.75, 3.05) is 13.1 Å². The number of rotatable bonds is 2. The Morgan fingerprint density at radius 1 is 1.75 bits per heavy atom. The van der Waals surface area contributed by atoms with Gasteiger partial charge >= 0.3 is 0 Å². The molecule has 3 nitrogen and oxygen atoms in total. The Bertz CT molecular complexity index is 188. The van der Waals surface area contributed by atoms with E-state index in [0.717, 1.165) is 0 Å². The second kappa shape index (κ2) is 3.23. The largest absolute Gasteiger partial charge is 0.389 e. The van der Waals surface area contributed by atoms with Crippen LogP contribution in [0.15, 0.2) is 0 Å². The van der Waals surface area contributed by atoms with E-state index in [9.17, 15) is 9.90 Å². The molecule has 1 N–H and O–H groups in total. The predicted octanol–water partition coefficient (Wildman–Crippen LogP) is 0.597. The van der Waals surface area contributed by atoms with Gasteiger partial charge in [0.1, 0.15) is 0 Å². The minimum atomic E-state index is -0.823. The molecule has 0 aromatic carbocycles. The highest BCUT2D eigenvalue weighted by atomic mass is 35.5. The van der Waals surface area contributed by atoms with E-state index < -0.39 is 5.60 Å². The average molecular weight is 192 g/mol. The van der Waals surface area contributed by atoms with E-state index in [1.807, 2.05) is 0 Å². The molecule has 1 saturated heterocycles. The van der Waals surface area contributed by atoms with Gasteiger partial charge in [-0.05, 0) is 13.8 Å². The van der Waals surface area contributed by atoms with Crippen LogP contribution in [-0.4, -0.2) is 40.0 Å². The summed E-state index contributed by atoms with van der Waals surface area (Å²) in [7, 11) is 0. The highest BCUT2D eigenvalue weighted by Gasteiger charge is 2.31. The zero-order valence-electron chi connectivity index (χ0n) is 7.38. The molecule has 0 aliphatic carbocycles. The smallest absolute Gasteiger partial charge is 0.224 e. The van der Waals surface area contributed by atoms with Crippen LogP contribution < -0.4 is 0 Å². The first-order valence-electron chi connectivity index (χ1n) is 4.03. The molecule has 0 aromatic heterocycles. The van der Waals surface area contributed by atoms with E-state index in [1.54, 1.807) is 18.7 Å². The minimum Gasteiger partial charge on any atom is -0.389 e. The lowest BCUT2D eigenvalue weighted by Crippen LogP contribution is -2.39. The molecule has 70 valence electrons. The van der Waals surface area contributed by atoms with E-state index in [-0.39, 0.29) is 11.3 Å². The number of halogens is 1. The van der Waals surface area contributed by atoms with Crippen molar-refractivity contribution in [3.63, 3.8) is 0 Å². The van der Waals surface area contributed by atoms with Crippen LogP contribution in [0.25, 0.3) is 0 Å². The van der Waals surface area contributed by atoms with Crippen molar-refractivity contribution in [2.24, 2.45) is 0 Å². The first-order chi connectivity index (χ1) is 5.38. The number of aliphatic hydroxyl groups is 1. The van der Waals surface area contributed by atoms with Gasteiger partial charge in [0.2, 0.25) is 5.91 Å². The number of likely N-dealkylation sites (tertiary alicyclic amines) is 1. The molecule has 1 aliphatic rings. The lowest BCUT2D eigenvalue weighted by Gasteiger charge is -2.24. The van der Waals surface area contributed by atoms with Gasteiger partial charge in [-0.25, -0.2) is 0 Å². The molecule has 0 aromatic rings. The maximum Gasteiger partial charge on any atom is 0.224 e. The Balaban J connectivity index is 2.49. The maximum atomic E-state index is 11.2. The van der Waals surface area contributed by atoms with Gasteiger partial charge < -0.3 is 10.0 Å². The summed E-state index contributed by atoms with van der Waals surface area (Å²) in [6, 6.07) is 0. The molecule has 0 spiro atoms. The average Bonchev–Trinajstić information content (AvgIpc) is 2.06. The fourth-order valence-electron chi connectivity index (χ4n) is 1.34. The summed E-state index contributed by atoms with van der Waals surface area (Å²) < 4.78 is 0. The molecule has 1 rings (SSSR count). The summed E-state index contributed by atoms with van der Waals surface area (Å²) in [5.74, 6) is 0.0390. The molecule has 0 radical (unpaired) electrons. The standard InChI is InChI=1S/C8H14ClNO2/c1-8(2,12)5-10-4-6(9)3-7(10)11/h6,12H,3-5H2,1-2H3. The number of nitrogens with zero attached hydrogens (tertiary/aromatic N) is 1. The van der Waals surface area contributed by atoms with Gasteiger partial charge in [-0.15, -0.1) is 11.6 Å². The second-order valence-electron chi connectivity index (χ2n) is 3.89. The Morgan fingerprint density at radius 2 is 2.33 bits per heavy atom. The zero-order valence-corrected chi connectivity index (χ0v) is 8.14. The summed E-state index contributed by atoms with van der Waals surface area (Å²) in [6.45, 7) is 4.29. The Hall–Kier alpha value is -0.280. The quantitative estimate of drug-likeness (QED) is 0.650. The summed E-state index contributed by atoms with van der Waals surface area (Å²) >= 11 is 5.79. The molecule has 1 atom stereocenters. The van der Waals surface area contributed by atoms with E-state index in [1.165, 1.54) is 0 Å². The minimum absolute atomic E-state index is 0.0390. The number of carbonyl (C=O) groups excluding carboxylic acids is 1.